The molecule has 0 radical (unpaired) electrons. The third kappa shape index (κ3) is 3.12. The van der Waals surface area contributed by atoms with Crippen LogP contribution in [-0.4, -0.2) is 41.0 Å². The summed E-state index contributed by atoms with van der Waals surface area (Å²) in [4.78, 5) is 24.7. The van der Waals surface area contributed by atoms with Gasteiger partial charge < -0.3 is 10.4 Å². The van der Waals surface area contributed by atoms with Crippen molar-refractivity contribution >= 4 is 11.9 Å². The molecule has 1 aliphatic rings. The maximum absolute atomic E-state index is 11.7. The van der Waals surface area contributed by atoms with Gasteiger partial charge in [0.2, 0.25) is 5.91 Å². The molecule has 1 aliphatic heterocycles. The molecular formula is C14H18N2O3. The number of aromatic carboxylic acids is 1. The zero-order valence-electron chi connectivity index (χ0n) is 10.9. The van der Waals surface area contributed by atoms with Gasteiger partial charge in [-0.1, -0.05) is 19.1 Å². The number of hydrogen-bond acceptors (Lipinski definition) is 3. The fraction of sp³-hybridized carbons (Fsp3) is 0.429. The van der Waals surface area contributed by atoms with Crippen LogP contribution in [0, 0.1) is 0 Å². The molecule has 1 unspecified atom stereocenters. The molecule has 1 atom stereocenters. The lowest BCUT2D eigenvalue weighted by Gasteiger charge is -2.34. The number of carbonyl (C=O) groups is 2. The number of carboxylic acid groups (broad SMARTS) is 1. The van der Waals surface area contributed by atoms with E-state index >= 15 is 0 Å². The Morgan fingerprint density at radius 3 is 2.68 bits per heavy atom. The average molecular weight is 262 g/mol. The molecule has 1 heterocycles. The molecule has 1 amide bonds. The fourth-order valence-electron chi connectivity index (χ4n) is 2.38. The number of amides is 1. The molecule has 0 bridgehead atoms. The lowest BCUT2D eigenvalue weighted by molar-refractivity contribution is -0.129. The van der Waals surface area contributed by atoms with Crippen molar-refractivity contribution in [2.45, 2.75) is 25.9 Å². The Labute approximate surface area is 112 Å². The van der Waals surface area contributed by atoms with Crippen LogP contribution in [0.3, 0.4) is 0 Å². The van der Waals surface area contributed by atoms with Gasteiger partial charge in [0.25, 0.3) is 0 Å². The first-order chi connectivity index (χ1) is 9.11. The zero-order valence-corrected chi connectivity index (χ0v) is 10.9. The van der Waals surface area contributed by atoms with Crippen molar-refractivity contribution in [3.63, 3.8) is 0 Å². The van der Waals surface area contributed by atoms with Crippen LogP contribution in [0.4, 0.5) is 0 Å². The number of carboxylic acids is 1. The van der Waals surface area contributed by atoms with E-state index in [1.165, 1.54) is 0 Å². The van der Waals surface area contributed by atoms with E-state index in [4.69, 9.17) is 5.11 Å². The molecule has 0 spiro atoms. The summed E-state index contributed by atoms with van der Waals surface area (Å²) in [5.41, 5.74) is 1.31. The molecule has 1 aromatic rings. The van der Waals surface area contributed by atoms with Gasteiger partial charge in [0.05, 0.1) is 11.6 Å². The summed E-state index contributed by atoms with van der Waals surface area (Å²) < 4.78 is 0. The third-order valence-electron chi connectivity index (χ3n) is 3.41. The number of piperazine rings is 1. The summed E-state index contributed by atoms with van der Waals surface area (Å²) in [6.45, 7) is 4.16. The zero-order chi connectivity index (χ0) is 13.8. The van der Waals surface area contributed by atoms with E-state index in [1.54, 1.807) is 12.1 Å². The second kappa shape index (κ2) is 5.84. The van der Waals surface area contributed by atoms with E-state index in [2.05, 4.69) is 10.2 Å². The number of nitrogens with one attached hydrogen (secondary N) is 1. The normalized spacial score (nSPS) is 20.1. The molecule has 0 aromatic heterocycles. The number of nitrogens with zero attached hydrogens (tertiary/aromatic N) is 1. The molecule has 0 aliphatic carbocycles. The van der Waals surface area contributed by atoms with Crippen LogP contribution in [0.15, 0.2) is 24.3 Å². The minimum absolute atomic E-state index is 0.0795. The second-order valence-electron chi connectivity index (χ2n) is 4.69. The number of hydrogen-bond donors (Lipinski definition) is 2. The second-order valence-corrected chi connectivity index (χ2v) is 4.69. The minimum atomic E-state index is -0.921. The van der Waals surface area contributed by atoms with Gasteiger partial charge in [-0.15, -0.1) is 0 Å². The van der Waals surface area contributed by atoms with Crippen molar-refractivity contribution in [3.05, 3.63) is 35.4 Å². The van der Waals surface area contributed by atoms with Crippen molar-refractivity contribution in [1.82, 2.24) is 10.2 Å². The van der Waals surface area contributed by atoms with E-state index in [-0.39, 0.29) is 17.5 Å². The van der Waals surface area contributed by atoms with Gasteiger partial charge in [-0.05, 0) is 24.1 Å². The Balaban J connectivity index is 2.07. The van der Waals surface area contributed by atoms with Gasteiger partial charge in [0, 0.05) is 19.6 Å². The lowest BCUT2D eigenvalue weighted by atomic mass is 10.1. The highest BCUT2D eigenvalue weighted by Crippen LogP contribution is 2.14. The molecule has 2 N–H and O–H groups in total. The SMILES string of the molecule is CCC1C(=O)NCCN1Cc1ccc(C(=O)O)cc1. The molecule has 1 saturated heterocycles. The van der Waals surface area contributed by atoms with Crippen LogP contribution >= 0.6 is 0 Å². The largest absolute Gasteiger partial charge is 0.478 e. The quantitative estimate of drug-likeness (QED) is 0.852. The van der Waals surface area contributed by atoms with Crippen molar-refractivity contribution < 1.29 is 14.7 Å². The van der Waals surface area contributed by atoms with Gasteiger partial charge >= 0.3 is 5.97 Å². The molecule has 5 nitrogen and oxygen atoms in total. The third-order valence-corrected chi connectivity index (χ3v) is 3.41. The van der Waals surface area contributed by atoms with Gasteiger partial charge in [0.1, 0.15) is 0 Å². The lowest BCUT2D eigenvalue weighted by Crippen LogP contribution is -2.54. The Hall–Kier alpha value is -1.88. The van der Waals surface area contributed by atoms with Crippen molar-refractivity contribution in [3.8, 4) is 0 Å². The minimum Gasteiger partial charge on any atom is -0.478 e. The first-order valence-corrected chi connectivity index (χ1v) is 6.46. The van der Waals surface area contributed by atoms with Gasteiger partial charge in [-0.2, -0.15) is 0 Å². The van der Waals surface area contributed by atoms with Crippen molar-refractivity contribution in [2.24, 2.45) is 0 Å². The van der Waals surface area contributed by atoms with Crippen LogP contribution < -0.4 is 5.32 Å². The predicted octanol–water partition coefficient (Wildman–Crippen LogP) is 1.10. The first kappa shape index (κ1) is 13.5. The van der Waals surface area contributed by atoms with Gasteiger partial charge in [-0.25, -0.2) is 4.79 Å². The van der Waals surface area contributed by atoms with Gasteiger partial charge in [0.15, 0.2) is 0 Å². The van der Waals surface area contributed by atoms with Crippen LogP contribution in [0.1, 0.15) is 29.3 Å². The van der Waals surface area contributed by atoms with Crippen molar-refractivity contribution in [1.29, 1.82) is 0 Å². The maximum Gasteiger partial charge on any atom is 0.335 e. The van der Waals surface area contributed by atoms with E-state index in [1.807, 2.05) is 19.1 Å². The number of carbonyl (C=O) groups excluding carboxylic acids is 1. The average Bonchev–Trinajstić information content (AvgIpc) is 2.39. The molecule has 5 heteroatoms. The fourth-order valence-corrected chi connectivity index (χ4v) is 2.38. The Bertz CT molecular complexity index is 470. The smallest absolute Gasteiger partial charge is 0.335 e. The van der Waals surface area contributed by atoms with E-state index in [9.17, 15) is 9.59 Å². The highest BCUT2D eigenvalue weighted by molar-refractivity contribution is 5.87. The molecule has 1 aromatic carbocycles. The molecular weight excluding hydrogens is 244 g/mol. The van der Waals surface area contributed by atoms with Crippen molar-refractivity contribution in [2.75, 3.05) is 13.1 Å². The molecule has 2 rings (SSSR count). The molecule has 0 saturated carbocycles. The van der Waals surface area contributed by atoms with E-state index < -0.39 is 5.97 Å². The summed E-state index contributed by atoms with van der Waals surface area (Å²) in [7, 11) is 0. The molecule has 102 valence electrons. The van der Waals surface area contributed by atoms with Gasteiger partial charge in [-0.3, -0.25) is 9.69 Å². The summed E-state index contributed by atoms with van der Waals surface area (Å²) in [5.74, 6) is -0.841. The Morgan fingerprint density at radius 1 is 1.42 bits per heavy atom. The maximum atomic E-state index is 11.7. The van der Waals surface area contributed by atoms with Crippen LogP contribution in [0.2, 0.25) is 0 Å². The van der Waals surface area contributed by atoms with Crippen LogP contribution in [-0.2, 0) is 11.3 Å². The van der Waals surface area contributed by atoms with E-state index in [0.29, 0.717) is 13.1 Å². The Kier molecular flexibility index (Phi) is 4.16. The summed E-state index contributed by atoms with van der Waals surface area (Å²) in [6, 6.07) is 6.73. The number of benzene rings is 1. The highest BCUT2D eigenvalue weighted by Gasteiger charge is 2.27. The van der Waals surface area contributed by atoms with Crippen LogP contribution in [0.5, 0.6) is 0 Å². The summed E-state index contributed by atoms with van der Waals surface area (Å²) in [5, 5.41) is 11.7. The number of rotatable bonds is 4. The van der Waals surface area contributed by atoms with E-state index in [0.717, 1.165) is 18.5 Å². The predicted molar refractivity (Wildman–Crippen MR) is 70.9 cm³/mol. The van der Waals surface area contributed by atoms with Crippen LogP contribution in [0.25, 0.3) is 0 Å². The highest BCUT2D eigenvalue weighted by atomic mass is 16.4. The molecule has 19 heavy (non-hydrogen) atoms. The standard InChI is InChI=1S/C14H18N2O3/c1-2-12-13(17)15-7-8-16(12)9-10-3-5-11(6-4-10)14(18)19/h3-6,12H,2,7-9H2,1H3,(H,15,17)(H,18,19). The summed E-state index contributed by atoms with van der Waals surface area (Å²) in [6.07, 6.45) is 0.777. The molecule has 1 fully saturated rings. The summed E-state index contributed by atoms with van der Waals surface area (Å²) >= 11 is 0. The topological polar surface area (TPSA) is 69.6 Å². The first-order valence-electron chi connectivity index (χ1n) is 6.46. The Morgan fingerprint density at radius 2 is 2.11 bits per heavy atom. The monoisotopic (exact) mass is 262 g/mol.